The van der Waals surface area contributed by atoms with Gasteiger partial charge in [0.25, 0.3) is 0 Å². The predicted octanol–water partition coefficient (Wildman–Crippen LogP) is 2.72. The molecule has 0 fully saturated rings. The topological polar surface area (TPSA) is 32.8 Å². The number of carbonyl (C=O) groups is 1. The van der Waals surface area contributed by atoms with E-state index >= 15 is 0 Å². The van der Waals surface area contributed by atoms with Crippen molar-refractivity contribution in [1.29, 1.82) is 0 Å². The van der Waals surface area contributed by atoms with Crippen LogP contribution in [0.1, 0.15) is 11.1 Å². The smallest absolute Gasteiger partial charge is 0.227 e. The molecule has 2 aromatic rings. The number of fused-ring (bicyclic) bond motifs is 1. The highest BCUT2D eigenvalue weighted by atomic mass is 19.1. The second-order valence-electron chi connectivity index (χ2n) is 6.65. The van der Waals surface area contributed by atoms with Gasteiger partial charge in [-0.3, -0.25) is 4.79 Å². The summed E-state index contributed by atoms with van der Waals surface area (Å²) < 4.78 is 20.0. The van der Waals surface area contributed by atoms with E-state index in [-0.39, 0.29) is 24.2 Å². The quantitative estimate of drug-likeness (QED) is 0.856. The molecule has 1 heterocycles. The lowest BCUT2D eigenvalue weighted by Gasteiger charge is -2.26. The second-order valence-corrected chi connectivity index (χ2v) is 6.65. The third-order valence-electron chi connectivity index (χ3n) is 4.27. The number of hydrogen-bond acceptors (Lipinski definition) is 3. The first-order chi connectivity index (χ1) is 12.0. The Balaban J connectivity index is 1.81. The molecular formula is C20H23FN2O2. The van der Waals surface area contributed by atoms with Crippen molar-refractivity contribution in [3.05, 3.63) is 65.5 Å². The van der Waals surface area contributed by atoms with Gasteiger partial charge in [-0.05, 0) is 31.8 Å². The summed E-state index contributed by atoms with van der Waals surface area (Å²) in [6, 6.07) is 14.2. The summed E-state index contributed by atoms with van der Waals surface area (Å²) in [6.07, 6.45) is -0.0630. The summed E-state index contributed by atoms with van der Waals surface area (Å²) >= 11 is 0. The Morgan fingerprint density at radius 3 is 2.68 bits per heavy atom. The van der Waals surface area contributed by atoms with Crippen molar-refractivity contribution in [1.82, 2.24) is 9.80 Å². The lowest BCUT2D eigenvalue weighted by atomic mass is 10.1. The molecule has 0 bridgehead atoms. The van der Waals surface area contributed by atoms with E-state index in [0.717, 1.165) is 11.3 Å². The molecule has 4 nitrogen and oxygen atoms in total. The number of halogens is 1. The summed E-state index contributed by atoms with van der Waals surface area (Å²) in [4.78, 5) is 16.6. The highest BCUT2D eigenvalue weighted by molar-refractivity contribution is 5.79. The molecule has 0 aliphatic carbocycles. The molecule has 0 saturated heterocycles. The number of para-hydroxylation sites is 1. The van der Waals surface area contributed by atoms with Gasteiger partial charge in [0.1, 0.15) is 17.7 Å². The minimum Gasteiger partial charge on any atom is -0.487 e. The van der Waals surface area contributed by atoms with Crippen molar-refractivity contribution in [2.75, 3.05) is 27.2 Å². The summed E-state index contributed by atoms with van der Waals surface area (Å²) in [6.45, 7) is 1.67. The first-order valence-electron chi connectivity index (χ1n) is 8.43. The molecule has 0 N–H and O–H groups in total. The van der Waals surface area contributed by atoms with Crippen LogP contribution in [-0.4, -0.2) is 49.0 Å². The van der Waals surface area contributed by atoms with E-state index in [1.165, 1.54) is 6.07 Å². The van der Waals surface area contributed by atoms with Crippen LogP contribution in [0, 0.1) is 5.82 Å². The van der Waals surface area contributed by atoms with E-state index in [2.05, 4.69) is 0 Å². The van der Waals surface area contributed by atoms with Crippen molar-refractivity contribution in [3.8, 4) is 5.75 Å². The van der Waals surface area contributed by atoms with Gasteiger partial charge in [0.05, 0.1) is 13.0 Å². The Bertz CT molecular complexity index is 748. The maximum Gasteiger partial charge on any atom is 0.227 e. The summed E-state index contributed by atoms with van der Waals surface area (Å²) in [5, 5.41) is 0. The molecule has 132 valence electrons. The van der Waals surface area contributed by atoms with Crippen LogP contribution in [0.4, 0.5) is 4.39 Å². The van der Waals surface area contributed by atoms with Gasteiger partial charge in [-0.1, -0.05) is 36.4 Å². The first kappa shape index (κ1) is 17.4. The SMILES string of the molecule is CN(C)CC1CN(C(=O)Cc2ccccc2F)Cc2ccccc2O1. The van der Waals surface area contributed by atoms with Gasteiger partial charge in [-0.2, -0.15) is 0 Å². The molecule has 1 unspecified atom stereocenters. The molecule has 1 aliphatic heterocycles. The van der Waals surface area contributed by atoms with E-state index in [9.17, 15) is 9.18 Å². The number of amides is 1. The van der Waals surface area contributed by atoms with E-state index < -0.39 is 0 Å². The van der Waals surface area contributed by atoms with Crippen LogP contribution in [0.3, 0.4) is 0 Å². The van der Waals surface area contributed by atoms with Crippen LogP contribution < -0.4 is 4.74 Å². The van der Waals surface area contributed by atoms with Crippen LogP contribution in [0.15, 0.2) is 48.5 Å². The van der Waals surface area contributed by atoms with Crippen molar-refractivity contribution < 1.29 is 13.9 Å². The fourth-order valence-corrected chi connectivity index (χ4v) is 3.09. The molecule has 1 amide bonds. The summed E-state index contributed by atoms with van der Waals surface area (Å²) in [5.41, 5.74) is 1.40. The molecule has 0 saturated carbocycles. The fraction of sp³-hybridized carbons (Fsp3) is 0.350. The molecule has 3 rings (SSSR count). The highest BCUT2D eigenvalue weighted by Gasteiger charge is 2.26. The Kier molecular flexibility index (Phi) is 5.34. The number of benzene rings is 2. The third kappa shape index (κ3) is 4.37. The monoisotopic (exact) mass is 342 g/mol. The average molecular weight is 342 g/mol. The molecule has 25 heavy (non-hydrogen) atoms. The maximum absolute atomic E-state index is 13.9. The zero-order valence-corrected chi connectivity index (χ0v) is 14.6. The minimum absolute atomic E-state index is 0.0591. The number of hydrogen-bond donors (Lipinski definition) is 0. The number of rotatable bonds is 4. The lowest BCUT2D eigenvalue weighted by Crippen LogP contribution is -2.42. The van der Waals surface area contributed by atoms with E-state index in [0.29, 0.717) is 25.2 Å². The number of likely N-dealkylation sites (N-methyl/N-ethyl adjacent to an activating group) is 1. The van der Waals surface area contributed by atoms with Crippen LogP contribution in [0.5, 0.6) is 5.75 Å². The van der Waals surface area contributed by atoms with E-state index in [1.807, 2.05) is 43.3 Å². The van der Waals surface area contributed by atoms with Gasteiger partial charge in [0.2, 0.25) is 5.91 Å². The summed E-state index contributed by atoms with van der Waals surface area (Å²) in [7, 11) is 3.96. The van der Waals surface area contributed by atoms with Crippen molar-refractivity contribution >= 4 is 5.91 Å². The van der Waals surface area contributed by atoms with Crippen molar-refractivity contribution in [2.24, 2.45) is 0 Å². The van der Waals surface area contributed by atoms with Gasteiger partial charge >= 0.3 is 0 Å². The second kappa shape index (κ2) is 7.66. The van der Waals surface area contributed by atoms with Crippen LogP contribution in [-0.2, 0) is 17.8 Å². The Morgan fingerprint density at radius 1 is 1.20 bits per heavy atom. The molecule has 1 aliphatic rings. The van der Waals surface area contributed by atoms with Gasteiger partial charge < -0.3 is 14.5 Å². The Labute approximate surface area is 147 Å². The zero-order chi connectivity index (χ0) is 17.8. The highest BCUT2D eigenvalue weighted by Crippen LogP contribution is 2.25. The van der Waals surface area contributed by atoms with Gasteiger partial charge in [-0.25, -0.2) is 4.39 Å². The number of ether oxygens (including phenoxy) is 1. The molecule has 2 aromatic carbocycles. The molecule has 0 spiro atoms. The van der Waals surface area contributed by atoms with Crippen LogP contribution in [0.25, 0.3) is 0 Å². The summed E-state index contributed by atoms with van der Waals surface area (Å²) in [5.74, 6) is 0.386. The maximum atomic E-state index is 13.9. The van der Waals surface area contributed by atoms with Crippen molar-refractivity contribution in [2.45, 2.75) is 19.1 Å². The Hall–Kier alpha value is -2.40. The van der Waals surface area contributed by atoms with Gasteiger partial charge in [0, 0.05) is 18.7 Å². The standard InChI is InChI=1S/C20H23FN2O2/c1-22(2)13-17-14-23(12-16-8-4-6-10-19(16)25-17)20(24)11-15-7-3-5-9-18(15)21/h3-10,17H,11-14H2,1-2H3. The predicted molar refractivity (Wildman–Crippen MR) is 94.9 cm³/mol. The number of nitrogens with zero attached hydrogens (tertiary/aromatic N) is 2. The molecule has 5 heteroatoms. The molecule has 1 atom stereocenters. The first-order valence-corrected chi connectivity index (χ1v) is 8.43. The van der Waals surface area contributed by atoms with E-state index in [1.54, 1.807) is 23.1 Å². The Morgan fingerprint density at radius 2 is 1.92 bits per heavy atom. The largest absolute Gasteiger partial charge is 0.487 e. The fourth-order valence-electron chi connectivity index (χ4n) is 3.09. The minimum atomic E-state index is -0.341. The number of carbonyl (C=O) groups excluding carboxylic acids is 1. The van der Waals surface area contributed by atoms with Crippen LogP contribution in [0.2, 0.25) is 0 Å². The molecular weight excluding hydrogens is 319 g/mol. The van der Waals surface area contributed by atoms with Crippen LogP contribution >= 0.6 is 0 Å². The lowest BCUT2D eigenvalue weighted by molar-refractivity contribution is -0.132. The van der Waals surface area contributed by atoms with E-state index in [4.69, 9.17) is 4.74 Å². The van der Waals surface area contributed by atoms with Gasteiger partial charge in [-0.15, -0.1) is 0 Å². The van der Waals surface area contributed by atoms with Crippen molar-refractivity contribution in [3.63, 3.8) is 0 Å². The average Bonchev–Trinajstić information content (AvgIpc) is 2.75. The zero-order valence-electron chi connectivity index (χ0n) is 14.6. The normalized spacial score (nSPS) is 17.0. The third-order valence-corrected chi connectivity index (χ3v) is 4.27. The molecule has 0 radical (unpaired) electrons. The van der Waals surface area contributed by atoms with Gasteiger partial charge in [0.15, 0.2) is 0 Å². The molecule has 0 aromatic heterocycles.